The second-order valence-electron chi connectivity index (χ2n) is 2.46. The van der Waals surface area contributed by atoms with Crippen molar-refractivity contribution in [2.45, 2.75) is 32.6 Å². The molecule has 0 saturated carbocycles. The molecular weight excluding hydrogens is 132 g/mol. The third-order valence-electron chi connectivity index (χ3n) is 1.34. The molecule has 0 rings (SSSR count). The van der Waals surface area contributed by atoms with Crippen molar-refractivity contribution in [2.24, 2.45) is 0 Å². The van der Waals surface area contributed by atoms with E-state index in [0.29, 0.717) is 0 Å². The van der Waals surface area contributed by atoms with Gasteiger partial charge in [0.05, 0.1) is 0 Å². The quantitative estimate of drug-likeness (QED) is 0.399. The first kappa shape index (κ1) is 10.2. The lowest BCUT2D eigenvalue weighted by atomic mass is 10.2. The van der Waals surface area contributed by atoms with Gasteiger partial charge in [-0.15, -0.1) is 0 Å². The lowest BCUT2D eigenvalue weighted by Gasteiger charge is -1.83. The molecule has 0 spiro atoms. The van der Waals surface area contributed by atoms with E-state index in [4.69, 9.17) is 6.58 Å². The van der Waals surface area contributed by atoms with Crippen molar-refractivity contribution in [3.8, 4) is 0 Å². The van der Waals surface area contributed by atoms with Crippen LogP contribution in [0.5, 0.6) is 0 Å². The fraction of sp³-hybridized carbons (Fsp3) is 0.455. The molecule has 1 radical (unpaired) electrons. The second kappa shape index (κ2) is 9.22. The summed E-state index contributed by atoms with van der Waals surface area (Å²) < 4.78 is 0. The Kier molecular flexibility index (Phi) is 8.57. The van der Waals surface area contributed by atoms with Gasteiger partial charge in [0.25, 0.3) is 0 Å². The van der Waals surface area contributed by atoms with Gasteiger partial charge in [0.15, 0.2) is 0 Å². The summed E-state index contributed by atoms with van der Waals surface area (Å²) in [5.74, 6) is 0. The summed E-state index contributed by atoms with van der Waals surface area (Å²) >= 11 is 0. The number of rotatable bonds is 6. The largest absolute Gasteiger partial charge is 0.0846 e. The monoisotopic (exact) mass is 149 g/mol. The Morgan fingerprint density at radius 2 is 1.64 bits per heavy atom. The van der Waals surface area contributed by atoms with Gasteiger partial charge < -0.3 is 0 Å². The average molecular weight is 149 g/mol. The Labute approximate surface area is 70.3 Å². The zero-order valence-corrected chi connectivity index (χ0v) is 7.29. The van der Waals surface area contributed by atoms with Crippen molar-refractivity contribution in [1.29, 1.82) is 0 Å². The SMILES string of the molecule is [CH]=CCCC=CC=CCCC. The summed E-state index contributed by atoms with van der Waals surface area (Å²) in [4.78, 5) is 0. The molecular formula is C11H17. The van der Waals surface area contributed by atoms with Gasteiger partial charge in [0.2, 0.25) is 0 Å². The minimum atomic E-state index is 0.970. The van der Waals surface area contributed by atoms with E-state index in [1.807, 2.05) is 0 Å². The summed E-state index contributed by atoms with van der Waals surface area (Å²) in [6.45, 7) is 7.39. The third-order valence-corrected chi connectivity index (χ3v) is 1.34. The number of unbranched alkanes of at least 4 members (excludes halogenated alkanes) is 2. The van der Waals surface area contributed by atoms with Gasteiger partial charge in [-0.1, -0.05) is 50.3 Å². The lowest BCUT2D eigenvalue weighted by molar-refractivity contribution is 0.958. The van der Waals surface area contributed by atoms with Crippen LogP contribution in [0.1, 0.15) is 32.6 Å². The van der Waals surface area contributed by atoms with Crippen LogP contribution < -0.4 is 0 Å². The zero-order valence-electron chi connectivity index (χ0n) is 7.29. The van der Waals surface area contributed by atoms with Crippen molar-refractivity contribution < 1.29 is 0 Å². The van der Waals surface area contributed by atoms with Gasteiger partial charge in [0.1, 0.15) is 0 Å². The number of hydrogen-bond acceptors (Lipinski definition) is 0. The first-order chi connectivity index (χ1) is 5.41. The van der Waals surface area contributed by atoms with Gasteiger partial charge in [-0.2, -0.15) is 0 Å². The van der Waals surface area contributed by atoms with E-state index >= 15 is 0 Å². The summed E-state index contributed by atoms with van der Waals surface area (Å²) in [6.07, 6.45) is 14.6. The Bertz CT molecular complexity index is 129. The maximum atomic E-state index is 5.21. The van der Waals surface area contributed by atoms with Crippen molar-refractivity contribution in [3.63, 3.8) is 0 Å². The third kappa shape index (κ3) is 9.22. The van der Waals surface area contributed by atoms with Crippen molar-refractivity contribution in [1.82, 2.24) is 0 Å². The molecule has 0 nitrogen and oxygen atoms in total. The van der Waals surface area contributed by atoms with Gasteiger partial charge in [-0.05, 0) is 19.3 Å². The number of allylic oxidation sites excluding steroid dienone is 5. The molecule has 0 heteroatoms. The fourth-order valence-corrected chi connectivity index (χ4v) is 0.709. The minimum absolute atomic E-state index is 0.970. The standard InChI is InChI=1S/C11H17/c1-3-5-7-9-11-10-8-6-4-2/h1,3,8-11H,4-7H2,2H3. The molecule has 0 aromatic rings. The molecule has 0 aromatic carbocycles. The van der Waals surface area contributed by atoms with Crippen molar-refractivity contribution >= 4 is 0 Å². The molecule has 0 aliphatic heterocycles. The summed E-state index contributed by atoms with van der Waals surface area (Å²) in [7, 11) is 0. The highest BCUT2D eigenvalue weighted by molar-refractivity contribution is 5.02. The molecule has 0 aromatic heterocycles. The van der Waals surface area contributed by atoms with Crippen LogP contribution in [0.2, 0.25) is 0 Å². The van der Waals surface area contributed by atoms with E-state index in [1.54, 1.807) is 6.08 Å². The Morgan fingerprint density at radius 3 is 2.18 bits per heavy atom. The van der Waals surface area contributed by atoms with Gasteiger partial charge in [-0.25, -0.2) is 0 Å². The molecule has 11 heavy (non-hydrogen) atoms. The number of hydrogen-bond donors (Lipinski definition) is 0. The van der Waals surface area contributed by atoms with E-state index < -0.39 is 0 Å². The highest BCUT2D eigenvalue weighted by Crippen LogP contribution is 1.93. The predicted octanol–water partition coefficient (Wildman–Crippen LogP) is 3.67. The minimum Gasteiger partial charge on any atom is -0.0846 e. The van der Waals surface area contributed by atoms with Crippen LogP contribution in [0.15, 0.2) is 30.4 Å². The topological polar surface area (TPSA) is 0 Å². The van der Waals surface area contributed by atoms with Crippen molar-refractivity contribution in [2.75, 3.05) is 0 Å². The summed E-state index contributed by atoms with van der Waals surface area (Å²) in [5, 5.41) is 0. The molecule has 0 saturated heterocycles. The Morgan fingerprint density at radius 1 is 1.00 bits per heavy atom. The zero-order chi connectivity index (χ0) is 8.36. The first-order valence-electron chi connectivity index (χ1n) is 4.27. The maximum absolute atomic E-state index is 5.21. The Balaban J connectivity index is 3.20. The van der Waals surface area contributed by atoms with Crippen LogP contribution in [-0.2, 0) is 0 Å². The molecule has 0 heterocycles. The van der Waals surface area contributed by atoms with Gasteiger partial charge in [0, 0.05) is 0 Å². The highest BCUT2D eigenvalue weighted by Gasteiger charge is 1.72. The van der Waals surface area contributed by atoms with Crippen LogP contribution in [0.3, 0.4) is 0 Å². The second-order valence-corrected chi connectivity index (χ2v) is 2.46. The van der Waals surface area contributed by atoms with Crippen LogP contribution in [0, 0.1) is 6.58 Å². The Hall–Kier alpha value is -0.780. The summed E-state index contributed by atoms with van der Waals surface area (Å²) in [5.41, 5.74) is 0. The van der Waals surface area contributed by atoms with E-state index in [-0.39, 0.29) is 0 Å². The van der Waals surface area contributed by atoms with Gasteiger partial charge >= 0.3 is 0 Å². The maximum Gasteiger partial charge on any atom is -0.0313 e. The molecule has 0 atom stereocenters. The van der Waals surface area contributed by atoms with Crippen LogP contribution in [0.4, 0.5) is 0 Å². The lowest BCUT2D eigenvalue weighted by Crippen LogP contribution is -1.62. The molecule has 0 fully saturated rings. The summed E-state index contributed by atoms with van der Waals surface area (Å²) in [6, 6.07) is 0. The molecule has 0 N–H and O–H groups in total. The molecule has 0 amide bonds. The molecule has 0 aliphatic carbocycles. The molecule has 61 valence electrons. The van der Waals surface area contributed by atoms with Gasteiger partial charge in [-0.3, -0.25) is 0 Å². The first-order valence-corrected chi connectivity index (χ1v) is 4.27. The fourth-order valence-electron chi connectivity index (χ4n) is 0.709. The highest BCUT2D eigenvalue weighted by atomic mass is 13.8. The van der Waals surface area contributed by atoms with E-state index in [2.05, 4.69) is 31.2 Å². The van der Waals surface area contributed by atoms with Crippen LogP contribution in [0.25, 0.3) is 0 Å². The normalized spacial score (nSPS) is 11.4. The smallest absolute Gasteiger partial charge is 0.0313 e. The predicted molar refractivity (Wildman–Crippen MR) is 51.3 cm³/mol. The van der Waals surface area contributed by atoms with E-state index in [1.165, 1.54) is 12.8 Å². The molecule has 0 aliphatic rings. The van der Waals surface area contributed by atoms with Crippen LogP contribution in [-0.4, -0.2) is 0 Å². The molecule has 0 bridgehead atoms. The molecule has 0 unspecified atom stereocenters. The van der Waals surface area contributed by atoms with E-state index in [0.717, 1.165) is 12.8 Å². The van der Waals surface area contributed by atoms with Crippen molar-refractivity contribution in [3.05, 3.63) is 37.0 Å². The van der Waals surface area contributed by atoms with Crippen LogP contribution >= 0.6 is 0 Å². The van der Waals surface area contributed by atoms with E-state index in [9.17, 15) is 0 Å². The average Bonchev–Trinajstić information content (AvgIpc) is 2.03.